The van der Waals surface area contributed by atoms with Crippen molar-refractivity contribution in [1.29, 1.82) is 5.26 Å². The van der Waals surface area contributed by atoms with Gasteiger partial charge in [0.15, 0.2) is 5.82 Å². The molecule has 4 atom stereocenters. The van der Waals surface area contributed by atoms with Gasteiger partial charge in [0.05, 0.1) is 31.9 Å². The molecule has 2 aromatic heterocycles. The van der Waals surface area contributed by atoms with Gasteiger partial charge in [-0.15, -0.1) is 0 Å². The van der Waals surface area contributed by atoms with E-state index < -0.39 is 49.7 Å². The number of carbonyl (C=O) groups is 2. The minimum atomic E-state index is -4.72. The predicted molar refractivity (Wildman–Crippen MR) is 119 cm³/mol. The molecular formula is C20H26N5O10P. The Morgan fingerprint density at radius 1 is 1.42 bits per heavy atom. The SMILES string of the molecule is CC(C)(C=O)COC[C@H]1O[C@@](C#N)(c2ccc3c(NC(=O)CCOP(=O)(O)O)ncnn23)[C@H](O)[C@@H]1O. The number of hydrogen-bond donors (Lipinski definition) is 5. The van der Waals surface area contributed by atoms with Crippen molar-refractivity contribution in [2.24, 2.45) is 5.41 Å². The molecule has 1 aliphatic heterocycles. The number of nitrogens with zero attached hydrogens (tertiary/aromatic N) is 4. The summed E-state index contributed by atoms with van der Waals surface area (Å²) in [5.41, 5.74) is -2.56. The van der Waals surface area contributed by atoms with Gasteiger partial charge in [0.2, 0.25) is 11.5 Å². The summed E-state index contributed by atoms with van der Waals surface area (Å²) in [6.07, 6.45) is -2.86. The first-order valence-corrected chi connectivity index (χ1v) is 12.2. The van der Waals surface area contributed by atoms with Gasteiger partial charge in [0.25, 0.3) is 0 Å². The Bertz CT molecular complexity index is 1210. The van der Waals surface area contributed by atoms with Crippen molar-refractivity contribution in [3.63, 3.8) is 0 Å². The fraction of sp³-hybridized carbons (Fsp3) is 0.550. The van der Waals surface area contributed by atoms with Crippen molar-refractivity contribution in [2.45, 2.75) is 44.2 Å². The van der Waals surface area contributed by atoms with Crippen molar-refractivity contribution >= 4 is 31.4 Å². The van der Waals surface area contributed by atoms with Crippen LogP contribution in [0, 0.1) is 16.7 Å². The summed E-state index contributed by atoms with van der Waals surface area (Å²) >= 11 is 0. The topological polar surface area (TPSA) is 226 Å². The summed E-state index contributed by atoms with van der Waals surface area (Å²) in [6.45, 7) is 2.62. The van der Waals surface area contributed by atoms with Crippen LogP contribution in [0.5, 0.6) is 0 Å². The van der Waals surface area contributed by atoms with E-state index in [2.05, 4.69) is 19.9 Å². The van der Waals surface area contributed by atoms with Crippen LogP contribution >= 0.6 is 7.82 Å². The lowest BCUT2D eigenvalue weighted by atomic mass is 9.92. The standard InChI is InChI=1S/C20H26N5O10P/c1-19(2,9-26)10-33-7-13-16(28)17(29)20(8-21,35-13)14-4-3-12-18(22-11-23-25(12)14)24-15(27)5-6-34-36(30,31)32/h3-4,9,11,13,16-17,28-29H,5-7,10H2,1-2H3,(H2,30,31,32)(H,22,23,24,27)/t13-,16-,17-,20+/m1/s1. The number of aldehydes is 1. The largest absolute Gasteiger partial charge is 0.469 e. The number of ether oxygens (including phenoxy) is 2. The van der Waals surface area contributed by atoms with Crippen LogP contribution in [0.25, 0.3) is 5.52 Å². The number of phosphoric ester groups is 1. The summed E-state index contributed by atoms with van der Waals surface area (Å²) in [5.74, 6) is -0.653. The van der Waals surface area contributed by atoms with Gasteiger partial charge in [-0.05, 0) is 12.1 Å². The van der Waals surface area contributed by atoms with E-state index in [0.29, 0.717) is 0 Å². The number of carbonyl (C=O) groups excluding carboxylic acids is 2. The van der Waals surface area contributed by atoms with Gasteiger partial charge < -0.3 is 39.6 Å². The van der Waals surface area contributed by atoms with Crippen LogP contribution in [0.4, 0.5) is 5.82 Å². The third-order valence-corrected chi connectivity index (χ3v) is 5.90. The maximum absolute atomic E-state index is 12.2. The third-order valence-electron chi connectivity index (χ3n) is 5.38. The summed E-state index contributed by atoms with van der Waals surface area (Å²) < 4.78 is 27.5. The predicted octanol–water partition coefficient (Wildman–Crippen LogP) is -0.752. The quantitative estimate of drug-likeness (QED) is 0.179. The van der Waals surface area contributed by atoms with Crippen LogP contribution in [-0.4, -0.2) is 84.9 Å². The monoisotopic (exact) mass is 527 g/mol. The van der Waals surface area contributed by atoms with Crippen LogP contribution in [0.1, 0.15) is 26.0 Å². The highest BCUT2D eigenvalue weighted by atomic mass is 31.2. The Morgan fingerprint density at radius 2 is 2.14 bits per heavy atom. The molecule has 2 aromatic rings. The molecule has 196 valence electrons. The Balaban J connectivity index is 1.81. The molecule has 1 aliphatic rings. The van der Waals surface area contributed by atoms with Crippen LogP contribution in [0.3, 0.4) is 0 Å². The number of fused-ring (bicyclic) bond motifs is 1. The molecule has 0 spiro atoms. The molecule has 0 saturated carbocycles. The first-order chi connectivity index (χ1) is 16.8. The lowest BCUT2D eigenvalue weighted by molar-refractivity contribution is -0.120. The van der Waals surface area contributed by atoms with Gasteiger partial charge >= 0.3 is 7.82 Å². The van der Waals surface area contributed by atoms with E-state index in [1.165, 1.54) is 16.6 Å². The van der Waals surface area contributed by atoms with Gasteiger partial charge in [-0.2, -0.15) is 10.4 Å². The maximum Gasteiger partial charge on any atom is 0.469 e. The fourth-order valence-electron chi connectivity index (χ4n) is 3.55. The van der Waals surface area contributed by atoms with Crippen LogP contribution < -0.4 is 5.32 Å². The first kappa shape index (κ1) is 27.8. The molecule has 1 fully saturated rings. The van der Waals surface area contributed by atoms with Crippen LogP contribution in [0.15, 0.2) is 18.5 Å². The number of amides is 1. The Labute approximate surface area is 204 Å². The van der Waals surface area contributed by atoms with Crippen molar-refractivity contribution in [2.75, 3.05) is 25.1 Å². The summed E-state index contributed by atoms with van der Waals surface area (Å²) in [6, 6.07) is 4.76. The highest BCUT2D eigenvalue weighted by Crippen LogP contribution is 2.41. The molecule has 0 unspecified atom stereocenters. The minimum absolute atomic E-state index is 0.00883. The molecule has 16 heteroatoms. The molecule has 5 N–H and O–H groups in total. The van der Waals surface area contributed by atoms with Gasteiger partial charge in [-0.1, -0.05) is 13.8 Å². The molecule has 36 heavy (non-hydrogen) atoms. The second-order valence-corrected chi connectivity index (χ2v) is 10.0. The van der Waals surface area contributed by atoms with E-state index >= 15 is 0 Å². The Kier molecular flexibility index (Phi) is 8.23. The van der Waals surface area contributed by atoms with E-state index in [1.54, 1.807) is 13.8 Å². The summed E-state index contributed by atoms with van der Waals surface area (Å²) in [4.78, 5) is 44.6. The summed E-state index contributed by atoms with van der Waals surface area (Å²) in [5, 5.41) is 37.8. The molecule has 0 aliphatic carbocycles. The zero-order valence-electron chi connectivity index (χ0n) is 19.3. The number of anilines is 1. The minimum Gasteiger partial charge on any atom is -0.387 e. The van der Waals surface area contributed by atoms with Gasteiger partial charge in [0, 0.05) is 5.41 Å². The number of hydrogen-bond acceptors (Lipinski definition) is 11. The van der Waals surface area contributed by atoms with Crippen LogP contribution in [-0.2, 0) is 33.8 Å². The van der Waals surface area contributed by atoms with E-state index in [0.717, 1.165) is 12.6 Å². The number of aliphatic hydroxyl groups excluding tert-OH is 2. The lowest BCUT2D eigenvalue weighted by Gasteiger charge is -2.24. The van der Waals surface area contributed by atoms with Crippen LogP contribution in [0.2, 0.25) is 0 Å². The number of nitriles is 1. The van der Waals surface area contributed by atoms with E-state index in [1.807, 2.05) is 6.07 Å². The van der Waals surface area contributed by atoms with Crippen molar-refractivity contribution in [3.8, 4) is 6.07 Å². The third kappa shape index (κ3) is 5.94. The highest BCUT2D eigenvalue weighted by Gasteiger charge is 2.57. The average Bonchev–Trinajstić information content (AvgIpc) is 3.34. The number of phosphoric acid groups is 1. The second kappa shape index (κ2) is 10.7. The van der Waals surface area contributed by atoms with Crippen molar-refractivity contribution in [3.05, 3.63) is 24.2 Å². The molecule has 0 radical (unpaired) electrons. The molecule has 1 saturated heterocycles. The molecule has 0 bridgehead atoms. The molecule has 3 heterocycles. The normalized spacial score (nSPS) is 24.5. The zero-order chi connectivity index (χ0) is 26.7. The second-order valence-electron chi connectivity index (χ2n) is 8.81. The van der Waals surface area contributed by atoms with Gasteiger partial charge in [0.1, 0.15) is 42.5 Å². The number of aliphatic hydroxyl groups is 2. The van der Waals surface area contributed by atoms with E-state index in [9.17, 15) is 29.6 Å². The Morgan fingerprint density at radius 3 is 2.78 bits per heavy atom. The van der Waals surface area contributed by atoms with E-state index in [-0.39, 0.29) is 36.7 Å². The molecule has 1 amide bonds. The summed E-state index contributed by atoms with van der Waals surface area (Å²) in [7, 11) is -4.72. The zero-order valence-corrected chi connectivity index (χ0v) is 20.2. The highest BCUT2D eigenvalue weighted by molar-refractivity contribution is 7.46. The maximum atomic E-state index is 12.2. The average molecular weight is 527 g/mol. The molecular weight excluding hydrogens is 501 g/mol. The first-order valence-electron chi connectivity index (χ1n) is 10.7. The van der Waals surface area contributed by atoms with Crippen molar-refractivity contribution < 1.29 is 48.2 Å². The molecule has 0 aromatic carbocycles. The van der Waals surface area contributed by atoms with E-state index in [4.69, 9.17) is 19.3 Å². The molecule has 3 rings (SSSR count). The van der Waals surface area contributed by atoms with Gasteiger partial charge in [-0.25, -0.2) is 14.1 Å². The fourth-order valence-corrected chi connectivity index (χ4v) is 3.88. The smallest absolute Gasteiger partial charge is 0.387 e. The Hall–Kier alpha value is -2.80. The number of nitrogens with one attached hydrogen (secondary N) is 1. The lowest BCUT2D eigenvalue weighted by Crippen LogP contribution is -2.41. The number of rotatable bonds is 11. The van der Waals surface area contributed by atoms with Crippen molar-refractivity contribution in [1.82, 2.24) is 14.6 Å². The molecule has 15 nitrogen and oxygen atoms in total. The van der Waals surface area contributed by atoms with Gasteiger partial charge in [-0.3, -0.25) is 9.32 Å². The number of aromatic nitrogens is 3.